The second kappa shape index (κ2) is 5.64. The molecule has 0 amide bonds. The van der Waals surface area contributed by atoms with Crippen molar-refractivity contribution in [1.29, 1.82) is 0 Å². The molecule has 0 saturated carbocycles. The summed E-state index contributed by atoms with van der Waals surface area (Å²) in [5.41, 5.74) is 3.55. The Hall–Kier alpha value is -0.610. The van der Waals surface area contributed by atoms with Crippen molar-refractivity contribution in [3.05, 3.63) is 53.3 Å². The van der Waals surface area contributed by atoms with E-state index in [0.717, 1.165) is 22.9 Å². The van der Waals surface area contributed by atoms with Crippen LogP contribution >= 0.6 is 31.9 Å². The number of hydrogen-bond donors (Lipinski definition) is 0. The summed E-state index contributed by atoms with van der Waals surface area (Å²) in [4.78, 5) is 0. The Morgan fingerprint density at radius 3 is 2.44 bits per heavy atom. The van der Waals surface area contributed by atoms with Crippen molar-refractivity contribution >= 4 is 31.9 Å². The molecule has 1 aromatic carbocycles. The Kier molecular flexibility index (Phi) is 4.18. The van der Waals surface area contributed by atoms with Crippen molar-refractivity contribution < 1.29 is 0 Å². The van der Waals surface area contributed by atoms with Gasteiger partial charge in [0, 0.05) is 16.4 Å². The van der Waals surface area contributed by atoms with Crippen LogP contribution in [0.3, 0.4) is 0 Å². The van der Waals surface area contributed by atoms with Gasteiger partial charge in [-0.15, -0.1) is 0 Å². The molecule has 0 bridgehead atoms. The van der Waals surface area contributed by atoms with E-state index in [1.807, 2.05) is 10.7 Å². The van der Waals surface area contributed by atoms with Crippen LogP contribution in [-0.2, 0) is 17.2 Å². The molecule has 0 aliphatic rings. The van der Waals surface area contributed by atoms with Crippen molar-refractivity contribution in [2.24, 2.45) is 0 Å². The van der Waals surface area contributed by atoms with Gasteiger partial charge >= 0.3 is 0 Å². The molecule has 0 atom stereocenters. The van der Waals surface area contributed by atoms with Crippen LogP contribution in [0.4, 0.5) is 0 Å². The maximum absolute atomic E-state index is 4.53. The molecule has 0 aliphatic heterocycles. The highest BCUT2D eigenvalue weighted by Gasteiger charge is 2.06. The first-order valence-corrected chi connectivity index (χ1v) is 7.29. The van der Waals surface area contributed by atoms with E-state index in [0.29, 0.717) is 0 Å². The normalized spacial score (nSPS) is 10.6. The number of rotatable bonds is 4. The zero-order chi connectivity index (χ0) is 11.4. The van der Waals surface area contributed by atoms with E-state index in [1.54, 1.807) is 0 Å². The van der Waals surface area contributed by atoms with Crippen LogP contribution in [0.5, 0.6) is 0 Å². The average Bonchev–Trinajstić information content (AvgIpc) is 2.73. The molecule has 84 valence electrons. The maximum atomic E-state index is 4.53. The van der Waals surface area contributed by atoms with Crippen LogP contribution in [0.2, 0.25) is 0 Å². The zero-order valence-electron chi connectivity index (χ0n) is 8.74. The first-order valence-electron chi connectivity index (χ1n) is 5.05. The van der Waals surface area contributed by atoms with Gasteiger partial charge in [0.05, 0.1) is 12.2 Å². The second-order valence-electron chi connectivity index (χ2n) is 3.54. The minimum atomic E-state index is 0.800. The van der Waals surface area contributed by atoms with E-state index in [9.17, 15) is 0 Å². The van der Waals surface area contributed by atoms with Crippen LogP contribution in [-0.4, -0.2) is 9.78 Å². The highest BCUT2D eigenvalue weighted by molar-refractivity contribution is 9.08. The number of halogens is 2. The molecule has 1 aromatic heterocycles. The predicted molar refractivity (Wildman–Crippen MR) is 73.0 cm³/mol. The lowest BCUT2D eigenvalue weighted by Gasteiger charge is -2.05. The van der Waals surface area contributed by atoms with Gasteiger partial charge in [0.25, 0.3) is 0 Å². The molecule has 2 nitrogen and oxygen atoms in total. The molecule has 0 spiro atoms. The zero-order valence-corrected chi connectivity index (χ0v) is 11.9. The van der Waals surface area contributed by atoms with E-state index in [2.05, 4.69) is 67.3 Å². The quantitative estimate of drug-likeness (QED) is 0.773. The first-order chi connectivity index (χ1) is 7.83. The van der Waals surface area contributed by atoms with E-state index in [-0.39, 0.29) is 0 Å². The molecule has 1 heterocycles. The highest BCUT2D eigenvalue weighted by Crippen LogP contribution is 2.13. The Labute approximate surface area is 112 Å². The summed E-state index contributed by atoms with van der Waals surface area (Å²) >= 11 is 6.92. The SMILES string of the molecule is BrCc1cc(CBr)n(Cc2ccccc2)n1. The summed E-state index contributed by atoms with van der Waals surface area (Å²) in [7, 11) is 0. The van der Waals surface area contributed by atoms with Crippen LogP contribution in [0.15, 0.2) is 36.4 Å². The summed E-state index contributed by atoms with van der Waals surface area (Å²) in [5.74, 6) is 0. The summed E-state index contributed by atoms with van der Waals surface area (Å²) in [6.45, 7) is 0.828. The van der Waals surface area contributed by atoms with Crippen LogP contribution in [0.1, 0.15) is 17.0 Å². The van der Waals surface area contributed by atoms with E-state index >= 15 is 0 Å². The van der Waals surface area contributed by atoms with Gasteiger partial charge in [-0.1, -0.05) is 62.2 Å². The monoisotopic (exact) mass is 342 g/mol. The standard InChI is InChI=1S/C12H12Br2N2/c13-7-11-6-12(8-14)16(15-11)9-10-4-2-1-3-5-10/h1-6H,7-9H2. The predicted octanol–water partition coefficient (Wildman–Crippen LogP) is 3.72. The van der Waals surface area contributed by atoms with E-state index < -0.39 is 0 Å². The van der Waals surface area contributed by atoms with Gasteiger partial charge in [-0.2, -0.15) is 5.10 Å². The van der Waals surface area contributed by atoms with Crippen molar-refractivity contribution in [3.8, 4) is 0 Å². The lowest BCUT2D eigenvalue weighted by atomic mass is 10.2. The molecule has 0 saturated heterocycles. The molecule has 2 rings (SSSR count). The molecular weight excluding hydrogens is 332 g/mol. The Bertz CT molecular complexity index is 451. The van der Waals surface area contributed by atoms with Crippen molar-refractivity contribution in [2.75, 3.05) is 0 Å². The fraction of sp³-hybridized carbons (Fsp3) is 0.250. The molecule has 0 aliphatic carbocycles. The molecule has 0 unspecified atom stereocenters. The fourth-order valence-electron chi connectivity index (χ4n) is 1.58. The molecule has 0 fully saturated rings. The second-order valence-corrected chi connectivity index (χ2v) is 4.66. The van der Waals surface area contributed by atoms with Crippen molar-refractivity contribution in [1.82, 2.24) is 9.78 Å². The van der Waals surface area contributed by atoms with Gasteiger partial charge < -0.3 is 0 Å². The van der Waals surface area contributed by atoms with Gasteiger partial charge in [-0.05, 0) is 11.6 Å². The average molecular weight is 344 g/mol. The Morgan fingerprint density at radius 2 is 1.81 bits per heavy atom. The van der Waals surface area contributed by atoms with Crippen molar-refractivity contribution in [3.63, 3.8) is 0 Å². The molecule has 4 heteroatoms. The minimum Gasteiger partial charge on any atom is -0.264 e. The summed E-state index contributed by atoms with van der Waals surface area (Å²) in [5, 5.41) is 6.17. The molecular formula is C12H12Br2N2. The van der Waals surface area contributed by atoms with Gasteiger partial charge in [0.2, 0.25) is 0 Å². The third-order valence-corrected chi connectivity index (χ3v) is 3.51. The summed E-state index contributed by atoms with van der Waals surface area (Å²) < 4.78 is 2.04. The Balaban J connectivity index is 2.23. The fourth-order valence-corrected chi connectivity index (χ4v) is 2.31. The number of benzene rings is 1. The third kappa shape index (κ3) is 2.74. The largest absolute Gasteiger partial charge is 0.264 e. The van der Waals surface area contributed by atoms with Gasteiger partial charge in [-0.25, -0.2) is 0 Å². The first kappa shape index (κ1) is 11.9. The lowest BCUT2D eigenvalue weighted by Crippen LogP contribution is -2.05. The number of hydrogen-bond acceptors (Lipinski definition) is 1. The summed E-state index contributed by atoms with van der Waals surface area (Å²) in [6.07, 6.45) is 0. The van der Waals surface area contributed by atoms with Crippen LogP contribution in [0.25, 0.3) is 0 Å². The van der Waals surface area contributed by atoms with Crippen LogP contribution < -0.4 is 0 Å². The molecule has 2 aromatic rings. The third-order valence-electron chi connectivity index (χ3n) is 2.36. The number of nitrogens with zero attached hydrogens (tertiary/aromatic N) is 2. The van der Waals surface area contributed by atoms with E-state index in [1.165, 1.54) is 11.3 Å². The van der Waals surface area contributed by atoms with Crippen molar-refractivity contribution in [2.45, 2.75) is 17.2 Å². The Morgan fingerprint density at radius 1 is 1.06 bits per heavy atom. The maximum Gasteiger partial charge on any atom is 0.0733 e. The van der Waals surface area contributed by atoms with Gasteiger partial charge in [0.1, 0.15) is 0 Å². The van der Waals surface area contributed by atoms with Gasteiger partial charge in [0.15, 0.2) is 0 Å². The minimum absolute atomic E-state index is 0.800. The van der Waals surface area contributed by atoms with Crippen LogP contribution in [0, 0.1) is 0 Å². The summed E-state index contributed by atoms with van der Waals surface area (Å²) in [6, 6.07) is 12.5. The lowest BCUT2D eigenvalue weighted by molar-refractivity contribution is 0.656. The number of aromatic nitrogens is 2. The molecule has 16 heavy (non-hydrogen) atoms. The molecule has 0 N–H and O–H groups in total. The van der Waals surface area contributed by atoms with E-state index in [4.69, 9.17) is 0 Å². The topological polar surface area (TPSA) is 17.8 Å². The van der Waals surface area contributed by atoms with Gasteiger partial charge in [-0.3, -0.25) is 4.68 Å². The molecule has 0 radical (unpaired) electrons. The highest BCUT2D eigenvalue weighted by atomic mass is 79.9. The number of alkyl halides is 2. The smallest absolute Gasteiger partial charge is 0.0733 e.